The monoisotopic (exact) mass is 187 g/mol. The van der Waals surface area contributed by atoms with Gasteiger partial charge >= 0.3 is 18.0 Å². The molecule has 1 fully saturated rings. The molecule has 13 heavy (non-hydrogen) atoms. The lowest BCUT2D eigenvalue weighted by molar-refractivity contribution is -0.181. The molecule has 0 saturated carbocycles. The van der Waals surface area contributed by atoms with Gasteiger partial charge in [-0.1, -0.05) is 5.06 Å². The van der Waals surface area contributed by atoms with Crippen LogP contribution in [0, 0.1) is 0 Å². The summed E-state index contributed by atoms with van der Waals surface area (Å²) in [7, 11) is 0. The summed E-state index contributed by atoms with van der Waals surface area (Å²) in [4.78, 5) is 37.0. The Hall–Kier alpha value is -1.59. The first-order valence-electron chi connectivity index (χ1n) is 3.60. The van der Waals surface area contributed by atoms with E-state index in [4.69, 9.17) is 0 Å². The number of ether oxygens (including phenoxy) is 1. The fraction of sp³-hybridized carbons (Fsp3) is 0.571. The van der Waals surface area contributed by atoms with Gasteiger partial charge in [0.15, 0.2) is 5.60 Å². The summed E-state index contributed by atoms with van der Waals surface area (Å²) in [6.45, 7) is 3.92. The van der Waals surface area contributed by atoms with Crippen LogP contribution in [0.1, 0.15) is 20.8 Å². The summed E-state index contributed by atoms with van der Waals surface area (Å²) >= 11 is 0. The van der Waals surface area contributed by atoms with Crippen LogP contribution in [0.25, 0.3) is 0 Å². The Morgan fingerprint density at radius 3 is 2.31 bits per heavy atom. The normalized spacial score (nSPS) is 20.1. The van der Waals surface area contributed by atoms with Gasteiger partial charge in [0.05, 0.1) is 0 Å². The molecule has 1 aliphatic rings. The zero-order valence-corrected chi connectivity index (χ0v) is 7.49. The molecule has 0 aromatic rings. The predicted octanol–water partition coefficient (Wildman–Crippen LogP) is 0.222. The van der Waals surface area contributed by atoms with Crippen molar-refractivity contribution in [2.45, 2.75) is 26.4 Å². The number of rotatable bonds is 1. The van der Waals surface area contributed by atoms with Crippen LogP contribution in [0.3, 0.4) is 0 Å². The van der Waals surface area contributed by atoms with Gasteiger partial charge in [-0.25, -0.2) is 9.59 Å². The van der Waals surface area contributed by atoms with E-state index in [1.807, 2.05) is 0 Å². The Bertz CT molecular complexity index is 283. The summed E-state index contributed by atoms with van der Waals surface area (Å²) in [6, 6.07) is 0. The molecule has 1 saturated heterocycles. The van der Waals surface area contributed by atoms with Crippen molar-refractivity contribution < 1.29 is 24.0 Å². The molecule has 0 unspecified atom stereocenters. The van der Waals surface area contributed by atoms with E-state index in [9.17, 15) is 14.4 Å². The van der Waals surface area contributed by atoms with Crippen LogP contribution in [0.2, 0.25) is 0 Å². The Morgan fingerprint density at radius 1 is 1.46 bits per heavy atom. The minimum absolute atomic E-state index is 0.322. The third kappa shape index (κ3) is 1.61. The summed E-state index contributed by atoms with van der Waals surface area (Å²) < 4.78 is 4.63. The SMILES string of the molecule is CC(=O)ON1C(=O)OC(C)(C)C1=O. The van der Waals surface area contributed by atoms with Crippen LogP contribution in [-0.4, -0.2) is 28.6 Å². The van der Waals surface area contributed by atoms with Gasteiger partial charge in [-0.2, -0.15) is 0 Å². The molecule has 1 heterocycles. The van der Waals surface area contributed by atoms with Gasteiger partial charge in [-0.05, 0) is 13.8 Å². The highest BCUT2D eigenvalue weighted by Gasteiger charge is 2.49. The van der Waals surface area contributed by atoms with Crippen LogP contribution < -0.4 is 0 Å². The van der Waals surface area contributed by atoms with Gasteiger partial charge in [-0.3, -0.25) is 4.79 Å². The lowest BCUT2D eigenvalue weighted by Gasteiger charge is -2.11. The summed E-state index contributed by atoms with van der Waals surface area (Å²) in [5.41, 5.74) is -1.26. The van der Waals surface area contributed by atoms with E-state index >= 15 is 0 Å². The van der Waals surface area contributed by atoms with Crippen LogP contribution in [-0.2, 0) is 19.2 Å². The maximum absolute atomic E-state index is 11.3. The number of cyclic esters (lactones) is 1. The van der Waals surface area contributed by atoms with Crippen LogP contribution in [0.4, 0.5) is 4.79 Å². The number of carbonyl (C=O) groups is 3. The van der Waals surface area contributed by atoms with Crippen molar-refractivity contribution in [3.63, 3.8) is 0 Å². The van der Waals surface area contributed by atoms with Gasteiger partial charge in [0.1, 0.15) is 0 Å². The van der Waals surface area contributed by atoms with Gasteiger partial charge in [0.2, 0.25) is 0 Å². The van der Waals surface area contributed by atoms with E-state index in [0.717, 1.165) is 6.92 Å². The molecule has 0 bridgehead atoms. The van der Waals surface area contributed by atoms with Crippen molar-refractivity contribution in [1.29, 1.82) is 0 Å². The van der Waals surface area contributed by atoms with E-state index in [1.165, 1.54) is 13.8 Å². The van der Waals surface area contributed by atoms with Crippen molar-refractivity contribution in [2.24, 2.45) is 0 Å². The maximum atomic E-state index is 11.3. The number of hydroxylamine groups is 2. The highest BCUT2D eigenvalue weighted by atomic mass is 16.8. The fourth-order valence-electron chi connectivity index (χ4n) is 0.838. The van der Waals surface area contributed by atoms with Gasteiger partial charge in [0.25, 0.3) is 0 Å². The van der Waals surface area contributed by atoms with Crippen molar-refractivity contribution >= 4 is 18.0 Å². The highest BCUT2D eigenvalue weighted by molar-refractivity contribution is 6.01. The fourth-order valence-corrected chi connectivity index (χ4v) is 0.838. The number of carbonyl (C=O) groups excluding carboxylic acids is 3. The molecule has 0 aromatic carbocycles. The highest BCUT2D eigenvalue weighted by Crippen LogP contribution is 2.23. The molecule has 0 radical (unpaired) electrons. The smallest absolute Gasteiger partial charge is 0.431 e. The third-order valence-electron chi connectivity index (χ3n) is 1.43. The molecule has 0 N–H and O–H groups in total. The van der Waals surface area contributed by atoms with E-state index in [-0.39, 0.29) is 0 Å². The maximum Gasteiger partial charge on any atom is 0.452 e. The molecule has 1 aliphatic heterocycles. The van der Waals surface area contributed by atoms with Crippen molar-refractivity contribution in [3.05, 3.63) is 0 Å². The number of imide groups is 1. The minimum atomic E-state index is -1.26. The molecule has 1 rings (SSSR count). The lowest BCUT2D eigenvalue weighted by Crippen LogP contribution is -2.37. The van der Waals surface area contributed by atoms with Crippen LogP contribution in [0.15, 0.2) is 0 Å². The average molecular weight is 187 g/mol. The molecular weight excluding hydrogens is 178 g/mol. The molecule has 0 atom stereocenters. The Balaban J connectivity index is 2.83. The molecule has 0 spiro atoms. The van der Waals surface area contributed by atoms with Crippen molar-refractivity contribution in [2.75, 3.05) is 0 Å². The molecule has 72 valence electrons. The third-order valence-corrected chi connectivity index (χ3v) is 1.43. The second-order valence-electron chi connectivity index (χ2n) is 3.06. The Morgan fingerprint density at radius 2 is 2.00 bits per heavy atom. The molecule has 2 amide bonds. The summed E-state index contributed by atoms with van der Waals surface area (Å²) in [5, 5.41) is 0.322. The predicted molar refractivity (Wildman–Crippen MR) is 39.2 cm³/mol. The van der Waals surface area contributed by atoms with Crippen LogP contribution >= 0.6 is 0 Å². The zero-order chi connectivity index (χ0) is 10.2. The molecule has 6 nitrogen and oxygen atoms in total. The van der Waals surface area contributed by atoms with E-state index in [1.54, 1.807) is 0 Å². The Kier molecular flexibility index (Phi) is 1.99. The first-order chi connectivity index (χ1) is 5.84. The summed E-state index contributed by atoms with van der Waals surface area (Å²) in [5.74, 6) is -1.43. The number of hydrogen-bond acceptors (Lipinski definition) is 5. The van der Waals surface area contributed by atoms with E-state index in [0.29, 0.717) is 5.06 Å². The largest absolute Gasteiger partial charge is 0.452 e. The average Bonchev–Trinajstić information content (AvgIpc) is 2.12. The standard InChI is InChI=1S/C7H9NO5/c1-4(9)13-8-5(10)7(2,3)12-6(8)11/h1-3H3. The van der Waals surface area contributed by atoms with Crippen molar-refractivity contribution in [1.82, 2.24) is 5.06 Å². The second-order valence-corrected chi connectivity index (χ2v) is 3.06. The number of nitrogens with zero attached hydrogens (tertiary/aromatic N) is 1. The molecule has 0 aromatic heterocycles. The number of amides is 2. The lowest BCUT2D eigenvalue weighted by atomic mass is 10.1. The minimum Gasteiger partial charge on any atom is -0.431 e. The van der Waals surface area contributed by atoms with E-state index < -0.39 is 23.6 Å². The first kappa shape index (κ1) is 9.50. The molecule has 6 heteroatoms. The van der Waals surface area contributed by atoms with Gasteiger partial charge < -0.3 is 9.57 Å². The second kappa shape index (κ2) is 2.72. The first-order valence-corrected chi connectivity index (χ1v) is 3.60. The van der Waals surface area contributed by atoms with Gasteiger partial charge in [0, 0.05) is 6.92 Å². The van der Waals surface area contributed by atoms with Crippen molar-refractivity contribution in [3.8, 4) is 0 Å². The quantitative estimate of drug-likeness (QED) is 0.587. The summed E-state index contributed by atoms with van der Waals surface area (Å²) in [6.07, 6.45) is -0.967. The zero-order valence-electron chi connectivity index (χ0n) is 7.49. The topological polar surface area (TPSA) is 72.9 Å². The molecular formula is C7H9NO5. The number of hydrogen-bond donors (Lipinski definition) is 0. The van der Waals surface area contributed by atoms with Crippen LogP contribution in [0.5, 0.6) is 0 Å². The van der Waals surface area contributed by atoms with Gasteiger partial charge in [-0.15, -0.1) is 0 Å². The Labute approximate surface area is 74.3 Å². The van der Waals surface area contributed by atoms with E-state index in [2.05, 4.69) is 9.57 Å². The molecule has 0 aliphatic carbocycles.